The molecule has 3 rings (SSSR count). The van der Waals surface area contributed by atoms with Crippen molar-refractivity contribution in [2.45, 2.75) is 91.9 Å². The molecule has 6 nitrogen and oxygen atoms in total. The van der Waals surface area contributed by atoms with Crippen molar-refractivity contribution in [3.05, 3.63) is 0 Å². The van der Waals surface area contributed by atoms with Gasteiger partial charge in [0.1, 0.15) is 21.2 Å². The van der Waals surface area contributed by atoms with Crippen LogP contribution in [0.3, 0.4) is 0 Å². The lowest BCUT2D eigenvalue weighted by Crippen LogP contribution is -2.39. The maximum atomic E-state index is 7.43. The Morgan fingerprint density at radius 3 is 2.10 bits per heavy atom. The van der Waals surface area contributed by atoms with Crippen LogP contribution in [0.4, 0.5) is 0 Å². The first-order valence-corrected chi connectivity index (χ1v) is 15.0. The van der Waals surface area contributed by atoms with Crippen LogP contribution in [0.1, 0.15) is 55.4 Å². The van der Waals surface area contributed by atoms with E-state index in [-0.39, 0.29) is 47.5 Å². The molecule has 6 unspecified atom stereocenters. The first-order chi connectivity index (χ1) is 16.2. The smallest absolute Gasteiger partial charge is 0.187 e. The standard InChI is InChI=1S/C10H21BO2PS.C9H17BO4PS/c1-7-9(2,3)10(4,5)8(13-7)6-12-15-14-11;1-5-6(4-11-16-15-10)12-8-7(5)13-9(2,3)14-8/h7-8,11,14H,6H2,1-5H3;5-8,10,15H,4H2,1-3H3/t;5-,6?,7+,8?,15?/m.1/s1/i11T,14D;10T,15D. The van der Waals surface area contributed by atoms with Crippen LogP contribution in [0.25, 0.3) is 0 Å². The molecule has 0 N–H and O–H groups in total. The van der Waals surface area contributed by atoms with E-state index in [1.165, 1.54) is 0 Å². The number of rotatable bonds is 10. The molecule has 31 heavy (non-hydrogen) atoms. The van der Waals surface area contributed by atoms with Gasteiger partial charge in [-0.2, -0.15) is 0 Å². The molecule has 0 aromatic heterocycles. The molecule has 3 aliphatic heterocycles. The summed E-state index contributed by atoms with van der Waals surface area (Å²) in [5.74, 6) is -0.394. The zero-order valence-electron chi connectivity index (χ0n) is 23.7. The average Bonchev–Trinajstić information content (AvgIpc) is 3.29. The molecule has 0 bridgehead atoms. The largest absolute Gasteiger partial charge is 0.372 e. The van der Waals surface area contributed by atoms with E-state index in [0.717, 1.165) is 38.4 Å². The van der Waals surface area contributed by atoms with Crippen LogP contribution in [-0.2, 0) is 27.3 Å². The first-order valence-electron chi connectivity index (χ1n) is 12.5. The van der Waals surface area contributed by atoms with Gasteiger partial charge < -0.3 is 27.3 Å². The van der Waals surface area contributed by atoms with Gasteiger partial charge in [0.2, 0.25) is 0 Å². The summed E-state index contributed by atoms with van der Waals surface area (Å²) in [4.78, 5) is 0. The Bertz CT molecular complexity index is 679. The molecule has 2 radical (unpaired) electrons. The molecule has 0 amide bonds. The van der Waals surface area contributed by atoms with E-state index in [4.69, 9.17) is 32.5 Å². The van der Waals surface area contributed by atoms with E-state index in [9.17, 15) is 0 Å². The third-order valence-electron chi connectivity index (χ3n) is 7.00. The van der Waals surface area contributed by atoms with Gasteiger partial charge in [-0.25, -0.2) is 0 Å². The highest BCUT2D eigenvalue weighted by Crippen LogP contribution is 2.52. The molecular weight excluding hydrogens is 472 g/mol. The van der Waals surface area contributed by atoms with Crippen LogP contribution in [0, 0.1) is 16.7 Å². The lowest BCUT2D eigenvalue weighted by Gasteiger charge is -2.37. The molecule has 3 saturated heterocycles. The molecule has 0 spiro atoms. The second-order valence-corrected chi connectivity index (χ2v) is 13.0. The summed E-state index contributed by atoms with van der Waals surface area (Å²) >= 11 is 2.09. The summed E-state index contributed by atoms with van der Waals surface area (Å²) in [6, 6.07) is 0. The van der Waals surface area contributed by atoms with Crippen molar-refractivity contribution in [1.82, 2.24) is 0 Å². The van der Waals surface area contributed by atoms with Crippen molar-refractivity contribution in [3.8, 4) is 0 Å². The molecule has 0 aromatic rings. The van der Waals surface area contributed by atoms with Gasteiger partial charge in [-0.15, -0.1) is 0 Å². The van der Waals surface area contributed by atoms with Crippen LogP contribution < -0.4 is 0 Å². The highest BCUT2D eigenvalue weighted by atomic mass is 32.7. The minimum absolute atomic E-state index is 0.0441. The van der Waals surface area contributed by atoms with E-state index >= 15 is 0 Å². The van der Waals surface area contributed by atoms with Gasteiger partial charge in [0.15, 0.2) is 12.1 Å². The Labute approximate surface area is 207 Å². The average molecular weight is 516 g/mol. The minimum Gasteiger partial charge on any atom is -0.372 e. The van der Waals surface area contributed by atoms with E-state index in [2.05, 4.69) is 34.6 Å². The van der Waals surface area contributed by atoms with Gasteiger partial charge in [-0.3, -0.25) is 0 Å². The Morgan fingerprint density at radius 2 is 1.58 bits per heavy atom. The van der Waals surface area contributed by atoms with Crippen LogP contribution in [0.15, 0.2) is 0 Å². The lowest BCUT2D eigenvalue weighted by molar-refractivity contribution is -0.211. The van der Waals surface area contributed by atoms with Crippen LogP contribution in [0.2, 0.25) is 0 Å². The molecule has 3 fully saturated rings. The van der Waals surface area contributed by atoms with Crippen molar-refractivity contribution in [2.24, 2.45) is 16.7 Å². The molecule has 12 heteroatoms. The second kappa shape index (κ2) is 11.9. The quantitative estimate of drug-likeness (QED) is 0.240. The van der Waals surface area contributed by atoms with Gasteiger partial charge in [0, 0.05) is 34.7 Å². The van der Waals surface area contributed by atoms with Crippen molar-refractivity contribution in [2.75, 3.05) is 13.2 Å². The van der Waals surface area contributed by atoms with E-state index in [1.54, 1.807) is 0 Å². The first kappa shape index (κ1) is 22.9. The van der Waals surface area contributed by atoms with E-state index in [1.807, 2.05) is 20.8 Å². The highest BCUT2D eigenvalue weighted by Gasteiger charge is 2.54. The molecule has 0 saturated carbocycles. The summed E-state index contributed by atoms with van der Waals surface area (Å²) in [6.07, 6.45) is -0.212. The third kappa shape index (κ3) is 6.99. The van der Waals surface area contributed by atoms with Gasteiger partial charge >= 0.3 is 0 Å². The number of fused-ring (bicyclic) bond motifs is 1. The molecule has 8 atom stereocenters. The Balaban J connectivity index is 0.000000247. The number of hydrogen-bond acceptors (Lipinski definition) is 8. The topological polar surface area (TPSA) is 55.4 Å². The zero-order chi connectivity index (χ0) is 26.6. The summed E-state index contributed by atoms with van der Waals surface area (Å²) < 4.78 is 62.6. The normalized spacial score (nSPS) is 40.9. The summed E-state index contributed by atoms with van der Waals surface area (Å²) in [7, 11) is -0.302. The molecule has 178 valence electrons. The van der Waals surface area contributed by atoms with Crippen LogP contribution in [0.5, 0.6) is 0 Å². The molecule has 0 aromatic carbocycles. The van der Waals surface area contributed by atoms with Crippen molar-refractivity contribution in [1.29, 1.82) is 5.23 Å². The highest BCUT2D eigenvalue weighted by molar-refractivity contribution is 8.53. The molecule has 0 aliphatic carbocycles. The maximum Gasteiger partial charge on any atom is 0.187 e. The third-order valence-corrected chi connectivity index (χ3v) is 8.80. The second-order valence-electron chi connectivity index (χ2n) is 9.64. The van der Waals surface area contributed by atoms with Gasteiger partial charge in [0.05, 0.1) is 34.1 Å². The monoisotopic (exact) mass is 516 g/mol. The van der Waals surface area contributed by atoms with Gasteiger partial charge in [0.25, 0.3) is 0 Å². The van der Waals surface area contributed by atoms with Gasteiger partial charge in [-0.1, -0.05) is 49.8 Å². The minimum atomic E-state index is -1.27. The van der Waals surface area contributed by atoms with Gasteiger partial charge in [-0.05, 0) is 28.9 Å². The maximum absolute atomic E-state index is 7.43. The SMILES string of the molecule is [2H]P([B][3H])SOCC1OC(C)C(C)(C)C1(C)C.[2H]P([B][3H])SOCC1OC2OC(C)(C)O[C@H]2[C@@H]1C. The molecule has 3 aliphatic rings. The fourth-order valence-electron chi connectivity index (χ4n) is 3.94. The summed E-state index contributed by atoms with van der Waals surface area (Å²) in [5, 5.41) is 0. The lowest BCUT2D eigenvalue weighted by atomic mass is 9.65. The Hall–Kier alpha value is 1.45. The number of ether oxygens (including phenoxy) is 4. The number of hydrogen-bond donors (Lipinski definition) is 0. The fraction of sp³-hybridized carbons (Fsp3) is 1.00. The summed E-state index contributed by atoms with van der Waals surface area (Å²) in [5.41, 5.74) is 0.154. The van der Waals surface area contributed by atoms with Crippen molar-refractivity contribution in [3.63, 3.8) is 0 Å². The predicted octanol–water partition coefficient (Wildman–Crippen LogP) is 4.47. The van der Waals surface area contributed by atoms with Crippen molar-refractivity contribution < 1.29 is 27.3 Å². The Morgan fingerprint density at radius 1 is 0.968 bits per heavy atom. The van der Waals surface area contributed by atoms with E-state index in [0.29, 0.717) is 13.2 Å². The zero-order valence-corrected chi connectivity index (χ0v) is 23.1. The Kier molecular flexibility index (Phi) is 8.80. The van der Waals surface area contributed by atoms with Crippen molar-refractivity contribution >= 4 is 53.6 Å². The predicted molar refractivity (Wildman–Crippen MR) is 138 cm³/mol. The summed E-state index contributed by atoms with van der Waals surface area (Å²) in [6.45, 7) is 17.6. The fourth-order valence-corrected chi connectivity index (χ4v) is 5.17. The molecule has 3 heterocycles. The van der Waals surface area contributed by atoms with Crippen LogP contribution in [-0.4, -0.2) is 70.0 Å². The van der Waals surface area contributed by atoms with E-state index < -0.39 is 21.0 Å². The molecular formula is C19H38B2O6P2S2. The van der Waals surface area contributed by atoms with Crippen LogP contribution >= 0.6 is 38.5 Å².